The smallest absolute Gasteiger partial charge is 0.272 e. The van der Waals surface area contributed by atoms with Crippen molar-refractivity contribution in [1.29, 1.82) is 0 Å². The molecular weight excluding hydrogens is 361 g/mol. The highest BCUT2D eigenvalue weighted by Crippen LogP contribution is 2.49. The summed E-state index contributed by atoms with van der Waals surface area (Å²) in [5.74, 6) is 1.24. The zero-order valence-corrected chi connectivity index (χ0v) is 15.8. The van der Waals surface area contributed by atoms with Crippen LogP contribution in [0.5, 0.6) is 0 Å². The highest BCUT2D eigenvalue weighted by Gasteiger charge is 2.51. The predicted octanol–water partition coefficient (Wildman–Crippen LogP) is 2.26. The van der Waals surface area contributed by atoms with Crippen molar-refractivity contribution in [3.05, 3.63) is 42.0 Å². The van der Waals surface area contributed by atoms with Gasteiger partial charge in [-0.05, 0) is 43.7 Å². The van der Waals surface area contributed by atoms with E-state index in [4.69, 9.17) is 4.74 Å². The second-order valence-corrected chi connectivity index (χ2v) is 8.36. The molecule has 2 aromatic rings. The molecule has 1 aliphatic carbocycles. The predicted molar refractivity (Wildman–Crippen MR) is 98.1 cm³/mol. The third-order valence-corrected chi connectivity index (χ3v) is 6.48. The van der Waals surface area contributed by atoms with Crippen LogP contribution in [0.2, 0.25) is 0 Å². The Bertz CT molecular complexity index is 858. The lowest BCUT2D eigenvalue weighted by atomic mass is 9.71. The van der Waals surface area contributed by atoms with E-state index in [1.54, 1.807) is 0 Å². The lowest BCUT2D eigenvalue weighted by Crippen LogP contribution is -2.38. The summed E-state index contributed by atoms with van der Waals surface area (Å²) in [7, 11) is 0. The minimum Gasteiger partial charge on any atom is -0.381 e. The number of carbonyl (C=O) groups is 1. The van der Waals surface area contributed by atoms with Crippen LogP contribution in [0.4, 0.5) is 4.39 Å². The van der Waals surface area contributed by atoms with Crippen molar-refractivity contribution in [2.75, 3.05) is 26.3 Å². The maximum Gasteiger partial charge on any atom is 0.272 e. The van der Waals surface area contributed by atoms with Crippen molar-refractivity contribution in [2.45, 2.75) is 38.1 Å². The van der Waals surface area contributed by atoms with Gasteiger partial charge in [0.15, 0.2) is 0 Å². The number of ether oxygens (including phenoxy) is 1. The first kappa shape index (κ1) is 17.7. The van der Waals surface area contributed by atoms with Gasteiger partial charge in [0.05, 0.1) is 6.20 Å². The van der Waals surface area contributed by atoms with Crippen molar-refractivity contribution in [3.8, 4) is 0 Å². The monoisotopic (exact) mass is 385 g/mol. The fourth-order valence-electron chi connectivity index (χ4n) is 4.68. The largest absolute Gasteiger partial charge is 0.381 e. The number of nitrogens with zero attached hydrogens (tertiary/aromatic N) is 5. The van der Waals surface area contributed by atoms with Gasteiger partial charge in [-0.25, -0.2) is 9.37 Å². The zero-order valence-electron chi connectivity index (χ0n) is 15.8. The maximum absolute atomic E-state index is 13.2. The number of pyridine rings is 1. The van der Waals surface area contributed by atoms with Crippen LogP contribution in [0.1, 0.15) is 47.9 Å². The van der Waals surface area contributed by atoms with Gasteiger partial charge < -0.3 is 14.2 Å². The van der Waals surface area contributed by atoms with Gasteiger partial charge in [0.25, 0.3) is 5.91 Å². The topological polar surface area (TPSA) is 73.1 Å². The van der Waals surface area contributed by atoms with E-state index >= 15 is 0 Å². The molecule has 28 heavy (non-hydrogen) atoms. The summed E-state index contributed by atoms with van der Waals surface area (Å²) < 4.78 is 21.0. The minimum absolute atomic E-state index is 0.0533. The Balaban J connectivity index is 1.44. The van der Waals surface area contributed by atoms with Crippen molar-refractivity contribution in [1.82, 2.24) is 24.6 Å². The van der Waals surface area contributed by atoms with E-state index in [9.17, 15) is 9.18 Å². The average Bonchev–Trinajstić information content (AvgIpc) is 3.30. The number of carbonyl (C=O) groups excluding carboxylic acids is 1. The van der Waals surface area contributed by atoms with Crippen molar-refractivity contribution >= 4 is 5.91 Å². The number of hydrogen-bond donors (Lipinski definition) is 0. The molecule has 3 aliphatic rings. The molecule has 2 aromatic heterocycles. The number of halogens is 1. The summed E-state index contributed by atoms with van der Waals surface area (Å²) in [6.07, 6.45) is 7.25. The third kappa shape index (κ3) is 3.19. The lowest BCUT2D eigenvalue weighted by Gasteiger charge is -2.37. The molecule has 0 bridgehead atoms. The molecule has 0 N–H and O–H groups in total. The second kappa shape index (κ2) is 6.92. The first-order chi connectivity index (χ1) is 13.6. The molecule has 3 fully saturated rings. The minimum atomic E-state index is -0.440. The van der Waals surface area contributed by atoms with Gasteiger partial charge in [-0.2, -0.15) is 0 Å². The SMILES string of the molecule is O=C(c1ccc(F)cn1)N1CC(c2nncn2CC2CC2)C2(CCOCC2)C1. The van der Waals surface area contributed by atoms with E-state index in [1.807, 2.05) is 11.2 Å². The molecule has 0 radical (unpaired) electrons. The molecule has 2 aliphatic heterocycles. The number of amides is 1. The van der Waals surface area contributed by atoms with Gasteiger partial charge in [0, 0.05) is 44.2 Å². The number of hydrogen-bond acceptors (Lipinski definition) is 5. The summed E-state index contributed by atoms with van der Waals surface area (Å²) in [4.78, 5) is 18.9. The summed E-state index contributed by atoms with van der Waals surface area (Å²) in [6.45, 7) is 3.59. The third-order valence-electron chi connectivity index (χ3n) is 6.48. The molecule has 1 amide bonds. The van der Waals surface area contributed by atoms with Crippen LogP contribution >= 0.6 is 0 Å². The Morgan fingerprint density at radius 3 is 2.82 bits per heavy atom. The Hall–Kier alpha value is -2.35. The molecule has 1 atom stereocenters. The summed E-state index contributed by atoms with van der Waals surface area (Å²) >= 11 is 0. The summed E-state index contributed by atoms with van der Waals surface area (Å²) in [6, 6.07) is 2.74. The highest BCUT2D eigenvalue weighted by molar-refractivity contribution is 5.92. The van der Waals surface area contributed by atoms with Gasteiger partial charge >= 0.3 is 0 Å². The standard InChI is InChI=1S/C20H24FN5O2/c21-15-3-4-17(22-9-15)19(27)25-11-16(20(12-25)5-7-28-8-6-20)18-24-23-13-26(18)10-14-1-2-14/h3-4,9,13-14,16H,1-2,5-8,10-12H2. The first-order valence-electron chi connectivity index (χ1n) is 10.0. The normalized spacial score (nSPS) is 24.0. The lowest BCUT2D eigenvalue weighted by molar-refractivity contribution is 0.0106. The van der Waals surface area contributed by atoms with Crippen molar-refractivity contribution in [2.24, 2.45) is 11.3 Å². The second-order valence-electron chi connectivity index (χ2n) is 8.36. The average molecular weight is 385 g/mol. The first-order valence-corrected chi connectivity index (χ1v) is 10.0. The number of likely N-dealkylation sites (tertiary alicyclic amines) is 1. The Kier molecular flexibility index (Phi) is 4.38. The zero-order chi connectivity index (χ0) is 19.1. The van der Waals surface area contributed by atoms with E-state index in [-0.39, 0.29) is 22.9 Å². The van der Waals surface area contributed by atoms with Gasteiger partial charge in [0.2, 0.25) is 0 Å². The van der Waals surface area contributed by atoms with Crippen molar-refractivity contribution in [3.63, 3.8) is 0 Å². The van der Waals surface area contributed by atoms with Crippen LogP contribution in [0.3, 0.4) is 0 Å². The quantitative estimate of drug-likeness (QED) is 0.807. The van der Waals surface area contributed by atoms with Crippen LogP contribution in [-0.4, -0.2) is 56.9 Å². The Morgan fingerprint density at radius 2 is 2.11 bits per heavy atom. The van der Waals surface area contributed by atoms with E-state index < -0.39 is 5.82 Å². The molecular formula is C20H24FN5O2. The fourth-order valence-corrected chi connectivity index (χ4v) is 4.68. The van der Waals surface area contributed by atoms with Gasteiger partial charge in [0.1, 0.15) is 23.7 Å². The molecule has 7 nitrogen and oxygen atoms in total. The molecule has 4 heterocycles. The van der Waals surface area contributed by atoms with Gasteiger partial charge in [-0.1, -0.05) is 0 Å². The highest BCUT2D eigenvalue weighted by atomic mass is 19.1. The molecule has 1 spiro atoms. The molecule has 5 rings (SSSR count). The van der Waals surface area contributed by atoms with E-state index in [0.29, 0.717) is 26.3 Å². The Morgan fingerprint density at radius 1 is 1.29 bits per heavy atom. The van der Waals surface area contributed by atoms with Crippen molar-refractivity contribution < 1.29 is 13.9 Å². The molecule has 1 saturated carbocycles. The molecule has 8 heteroatoms. The van der Waals surface area contributed by atoms with E-state index in [1.165, 1.54) is 25.0 Å². The summed E-state index contributed by atoms with van der Waals surface area (Å²) in [5.41, 5.74) is 0.228. The van der Waals surface area contributed by atoms with Crippen LogP contribution in [0, 0.1) is 17.2 Å². The van der Waals surface area contributed by atoms with Crippen LogP contribution in [0.15, 0.2) is 24.7 Å². The number of aromatic nitrogens is 4. The molecule has 2 saturated heterocycles. The number of rotatable bonds is 4. The molecule has 148 valence electrons. The van der Waals surface area contributed by atoms with Gasteiger partial charge in [-0.15, -0.1) is 10.2 Å². The molecule has 1 unspecified atom stereocenters. The van der Waals surface area contributed by atoms with Crippen LogP contribution < -0.4 is 0 Å². The molecule has 0 aromatic carbocycles. The van der Waals surface area contributed by atoms with Crippen LogP contribution in [0.25, 0.3) is 0 Å². The maximum atomic E-state index is 13.2. The summed E-state index contributed by atoms with van der Waals surface area (Å²) in [5, 5.41) is 8.66. The van der Waals surface area contributed by atoms with Gasteiger partial charge in [-0.3, -0.25) is 4.79 Å². The van der Waals surface area contributed by atoms with Crippen LogP contribution in [-0.2, 0) is 11.3 Å². The fraction of sp³-hybridized carbons (Fsp3) is 0.600. The van der Waals surface area contributed by atoms with E-state index in [0.717, 1.165) is 37.3 Å². The Labute approximate surface area is 162 Å². The van der Waals surface area contributed by atoms with E-state index in [2.05, 4.69) is 19.7 Å².